The summed E-state index contributed by atoms with van der Waals surface area (Å²) in [7, 11) is 0. The Morgan fingerprint density at radius 2 is 2.00 bits per heavy atom. The Hall–Kier alpha value is -0.0800. The van der Waals surface area contributed by atoms with E-state index in [0.717, 1.165) is 18.6 Å². The van der Waals surface area contributed by atoms with E-state index in [0.29, 0.717) is 11.6 Å². The predicted octanol–water partition coefficient (Wildman–Crippen LogP) is 3.06. The zero-order valence-electron chi connectivity index (χ0n) is 11.3. The van der Waals surface area contributed by atoms with Gasteiger partial charge >= 0.3 is 0 Å². The van der Waals surface area contributed by atoms with Crippen molar-refractivity contribution in [2.45, 2.75) is 71.1 Å². The van der Waals surface area contributed by atoms with Crippen LogP contribution in [0.1, 0.15) is 53.4 Å². The van der Waals surface area contributed by atoms with E-state index in [1.165, 1.54) is 32.2 Å². The molecule has 0 aromatic carbocycles. The van der Waals surface area contributed by atoms with Gasteiger partial charge in [-0.05, 0) is 52.0 Å². The summed E-state index contributed by atoms with van der Waals surface area (Å²) in [5.74, 6) is 0.791. The standard InChI is InChI=1S/C14H27NO/c1-11(2)13-6-8-14(10-16-12(3)4)7-5-9-15(13)14/h11-13H,5-10H2,1-4H3. The normalized spacial score (nSPS) is 35.2. The lowest BCUT2D eigenvalue weighted by Crippen LogP contribution is -2.47. The molecule has 0 aliphatic carbocycles. The van der Waals surface area contributed by atoms with Gasteiger partial charge in [0.15, 0.2) is 0 Å². The SMILES string of the molecule is CC(C)OCC12CCCN1C(C(C)C)CC2. The number of nitrogens with zero attached hydrogens (tertiary/aromatic N) is 1. The van der Waals surface area contributed by atoms with E-state index in [1.807, 2.05) is 0 Å². The molecule has 2 fully saturated rings. The van der Waals surface area contributed by atoms with E-state index in [-0.39, 0.29) is 0 Å². The fraction of sp³-hybridized carbons (Fsp3) is 1.00. The van der Waals surface area contributed by atoms with E-state index in [2.05, 4.69) is 32.6 Å². The van der Waals surface area contributed by atoms with Crippen LogP contribution in [0.2, 0.25) is 0 Å². The van der Waals surface area contributed by atoms with Gasteiger partial charge in [0.2, 0.25) is 0 Å². The molecule has 2 atom stereocenters. The van der Waals surface area contributed by atoms with Crippen LogP contribution in [0.3, 0.4) is 0 Å². The van der Waals surface area contributed by atoms with E-state index < -0.39 is 0 Å². The topological polar surface area (TPSA) is 12.5 Å². The van der Waals surface area contributed by atoms with Crippen molar-refractivity contribution in [1.29, 1.82) is 0 Å². The van der Waals surface area contributed by atoms with Crippen molar-refractivity contribution < 1.29 is 4.74 Å². The Bertz CT molecular complexity index is 239. The smallest absolute Gasteiger partial charge is 0.0654 e. The molecule has 0 saturated carbocycles. The molecule has 2 nitrogen and oxygen atoms in total. The number of hydrogen-bond acceptors (Lipinski definition) is 2. The molecular formula is C14H27NO. The Labute approximate surface area is 100 Å². The molecule has 2 aliphatic heterocycles. The number of fused-ring (bicyclic) bond motifs is 1. The summed E-state index contributed by atoms with van der Waals surface area (Å²) in [5, 5.41) is 0. The summed E-state index contributed by atoms with van der Waals surface area (Å²) in [5.41, 5.74) is 0.402. The van der Waals surface area contributed by atoms with Crippen molar-refractivity contribution in [3.05, 3.63) is 0 Å². The zero-order valence-corrected chi connectivity index (χ0v) is 11.3. The largest absolute Gasteiger partial charge is 0.377 e. The van der Waals surface area contributed by atoms with E-state index >= 15 is 0 Å². The summed E-state index contributed by atoms with van der Waals surface area (Å²) < 4.78 is 5.92. The lowest BCUT2D eigenvalue weighted by Gasteiger charge is -2.36. The van der Waals surface area contributed by atoms with Gasteiger partial charge in [0.1, 0.15) is 0 Å². The number of hydrogen-bond donors (Lipinski definition) is 0. The quantitative estimate of drug-likeness (QED) is 0.729. The molecular weight excluding hydrogens is 198 g/mol. The first-order valence-electron chi connectivity index (χ1n) is 6.93. The molecule has 2 aliphatic rings. The second kappa shape index (κ2) is 4.66. The highest BCUT2D eigenvalue weighted by atomic mass is 16.5. The van der Waals surface area contributed by atoms with Crippen LogP contribution in [0.15, 0.2) is 0 Å². The molecule has 16 heavy (non-hydrogen) atoms. The van der Waals surface area contributed by atoms with Gasteiger partial charge in [-0.15, -0.1) is 0 Å². The van der Waals surface area contributed by atoms with Crippen LogP contribution in [-0.2, 0) is 4.74 Å². The van der Waals surface area contributed by atoms with Gasteiger partial charge < -0.3 is 4.74 Å². The van der Waals surface area contributed by atoms with Gasteiger partial charge in [0, 0.05) is 11.6 Å². The van der Waals surface area contributed by atoms with Crippen molar-refractivity contribution in [3.63, 3.8) is 0 Å². The molecule has 2 unspecified atom stereocenters. The minimum Gasteiger partial charge on any atom is -0.377 e. The summed E-state index contributed by atoms with van der Waals surface area (Å²) in [6, 6.07) is 0.804. The first-order chi connectivity index (χ1) is 7.55. The minimum absolute atomic E-state index is 0.370. The summed E-state index contributed by atoms with van der Waals surface area (Å²) >= 11 is 0. The molecule has 2 rings (SSSR count). The third-order valence-electron chi connectivity index (χ3n) is 4.41. The first-order valence-corrected chi connectivity index (χ1v) is 6.93. The fourth-order valence-electron chi connectivity index (χ4n) is 3.56. The van der Waals surface area contributed by atoms with Crippen molar-refractivity contribution in [3.8, 4) is 0 Å². The average Bonchev–Trinajstić information content (AvgIpc) is 2.71. The van der Waals surface area contributed by atoms with Crippen LogP contribution in [0, 0.1) is 5.92 Å². The van der Waals surface area contributed by atoms with Gasteiger partial charge in [-0.25, -0.2) is 0 Å². The lowest BCUT2D eigenvalue weighted by molar-refractivity contribution is -0.00902. The molecule has 94 valence electrons. The molecule has 0 N–H and O–H groups in total. The molecule has 2 heteroatoms. The maximum Gasteiger partial charge on any atom is 0.0654 e. The third-order valence-corrected chi connectivity index (χ3v) is 4.41. The Morgan fingerprint density at radius 1 is 1.25 bits per heavy atom. The molecule has 0 spiro atoms. The van der Waals surface area contributed by atoms with Gasteiger partial charge in [-0.3, -0.25) is 4.90 Å². The maximum atomic E-state index is 5.92. The summed E-state index contributed by atoms with van der Waals surface area (Å²) in [6.07, 6.45) is 5.81. The van der Waals surface area contributed by atoms with Gasteiger partial charge in [0.05, 0.1) is 12.7 Å². The van der Waals surface area contributed by atoms with Crippen molar-refractivity contribution >= 4 is 0 Å². The van der Waals surface area contributed by atoms with Crippen molar-refractivity contribution in [2.24, 2.45) is 5.92 Å². The maximum absolute atomic E-state index is 5.92. The summed E-state index contributed by atoms with van der Waals surface area (Å²) in [6.45, 7) is 11.3. The molecule has 0 amide bonds. The molecule has 2 saturated heterocycles. The highest BCUT2D eigenvalue weighted by Gasteiger charge is 2.49. The van der Waals surface area contributed by atoms with Crippen LogP contribution in [0.4, 0.5) is 0 Å². The second-order valence-electron chi connectivity index (χ2n) is 6.23. The number of ether oxygens (including phenoxy) is 1. The highest BCUT2D eigenvalue weighted by Crippen LogP contribution is 2.44. The highest BCUT2D eigenvalue weighted by molar-refractivity contribution is 5.05. The average molecular weight is 225 g/mol. The number of rotatable bonds is 4. The van der Waals surface area contributed by atoms with Crippen LogP contribution < -0.4 is 0 Å². The predicted molar refractivity (Wildman–Crippen MR) is 67.6 cm³/mol. The van der Waals surface area contributed by atoms with Gasteiger partial charge in [-0.1, -0.05) is 13.8 Å². The lowest BCUT2D eigenvalue weighted by atomic mass is 9.94. The Balaban J connectivity index is 2.03. The van der Waals surface area contributed by atoms with Gasteiger partial charge in [-0.2, -0.15) is 0 Å². The van der Waals surface area contributed by atoms with Crippen molar-refractivity contribution in [2.75, 3.05) is 13.2 Å². The van der Waals surface area contributed by atoms with E-state index in [4.69, 9.17) is 4.74 Å². The minimum atomic E-state index is 0.370. The van der Waals surface area contributed by atoms with Crippen molar-refractivity contribution in [1.82, 2.24) is 4.90 Å². The Kier molecular flexibility index (Phi) is 3.60. The zero-order chi connectivity index (χ0) is 11.8. The monoisotopic (exact) mass is 225 g/mol. The van der Waals surface area contributed by atoms with Crippen LogP contribution in [-0.4, -0.2) is 35.7 Å². The van der Waals surface area contributed by atoms with Crippen LogP contribution >= 0.6 is 0 Å². The molecule has 0 aromatic rings. The van der Waals surface area contributed by atoms with Crippen LogP contribution in [0.25, 0.3) is 0 Å². The third kappa shape index (κ3) is 2.14. The molecule has 2 heterocycles. The van der Waals surface area contributed by atoms with E-state index in [9.17, 15) is 0 Å². The summed E-state index contributed by atoms with van der Waals surface area (Å²) in [4.78, 5) is 2.76. The molecule has 0 bridgehead atoms. The van der Waals surface area contributed by atoms with Crippen LogP contribution in [0.5, 0.6) is 0 Å². The van der Waals surface area contributed by atoms with Gasteiger partial charge in [0.25, 0.3) is 0 Å². The first kappa shape index (κ1) is 12.4. The fourth-order valence-corrected chi connectivity index (χ4v) is 3.56. The Morgan fingerprint density at radius 3 is 2.62 bits per heavy atom. The second-order valence-corrected chi connectivity index (χ2v) is 6.23. The molecule has 0 radical (unpaired) electrons. The van der Waals surface area contributed by atoms with E-state index in [1.54, 1.807) is 0 Å². The molecule has 0 aromatic heterocycles.